The third-order valence-corrected chi connectivity index (χ3v) is 7.67. The number of hydrogen-bond acceptors (Lipinski definition) is 3. The fraction of sp³-hybridized carbons (Fsp3) is 0.800. The second-order valence-electron chi connectivity index (χ2n) is 13.6. The van der Waals surface area contributed by atoms with Gasteiger partial charge in [-0.15, -0.1) is 0 Å². The molecule has 0 aliphatic carbocycles. The van der Waals surface area contributed by atoms with Gasteiger partial charge in [0.25, 0.3) is 0 Å². The van der Waals surface area contributed by atoms with Gasteiger partial charge in [0, 0.05) is 6.42 Å². The maximum absolute atomic E-state index is 12.4. The lowest BCUT2D eigenvalue weighted by molar-refractivity contribution is -0.153. The Morgan fingerprint density at radius 3 is 1.39 bits per heavy atom. The van der Waals surface area contributed by atoms with Crippen molar-refractivity contribution in [2.75, 3.05) is 6.61 Å². The number of hydrogen-bond donors (Lipinski definition) is 1. The van der Waals surface area contributed by atoms with Crippen molar-refractivity contribution in [3.05, 3.63) is 34.9 Å². The van der Waals surface area contributed by atoms with Crippen molar-refractivity contribution in [1.82, 2.24) is 0 Å². The molecule has 0 aromatic heterocycles. The Balaban J connectivity index is 2.15. The summed E-state index contributed by atoms with van der Waals surface area (Å²) in [6.45, 7) is 15.9. The topological polar surface area (TPSA) is 46.5 Å². The summed E-state index contributed by atoms with van der Waals surface area (Å²) in [6.07, 6.45) is 20.3. The highest BCUT2D eigenvalue weighted by Gasteiger charge is 2.23. The molecule has 220 valence electrons. The molecule has 0 heterocycles. The molecule has 1 N–H and O–H groups in total. The second-order valence-corrected chi connectivity index (χ2v) is 13.6. The minimum atomic E-state index is -1.11. The van der Waals surface area contributed by atoms with Crippen molar-refractivity contribution in [1.29, 1.82) is 0 Å². The van der Waals surface area contributed by atoms with Gasteiger partial charge in [-0.1, -0.05) is 163 Å². The van der Waals surface area contributed by atoms with E-state index in [1.807, 2.05) is 0 Å². The van der Waals surface area contributed by atoms with Gasteiger partial charge in [-0.3, -0.25) is 0 Å². The van der Waals surface area contributed by atoms with Gasteiger partial charge in [0.1, 0.15) is 0 Å². The van der Waals surface area contributed by atoms with E-state index >= 15 is 0 Å². The summed E-state index contributed by atoms with van der Waals surface area (Å²) in [6, 6.07) is 6.51. The van der Waals surface area contributed by atoms with Crippen LogP contribution in [0.4, 0.5) is 0 Å². The molecule has 0 radical (unpaired) electrons. The summed E-state index contributed by atoms with van der Waals surface area (Å²) in [4.78, 5) is 12.4. The number of aliphatic hydroxyl groups is 1. The maximum Gasteiger partial charge on any atom is 0.335 e. The summed E-state index contributed by atoms with van der Waals surface area (Å²) >= 11 is 0. The first-order valence-electron chi connectivity index (χ1n) is 15.9. The molecule has 1 atom stereocenters. The van der Waals surface area contributed by atoms with Crippen LogP contribution >= 0.6 is 0 Å². The summed E-state index contributed by atoms with van der Waals surface area (Å²) in [5.41, 5.74) is 3.47. The average Bonchev–Trinajstić information content (AvgIpc) is 2.84. The van der Waals surface area contributed by atoms with Crippen LogP contribution < -0.4 is 0 Å². The zero-order valence-corrected chi connectivity index (χ0v) is 26.3. The molecule has 0 aliphatic heterocycles. The lowest BCUT2D eigenvalue weighted by Gasteiger charge is -2.26. The van der Waals surface area contributed by atoms with Gasteiger partial charge in [-0.2, -0.15) is 0 Å². The molecular weight excluding hydrogens is 468 g/mol. The average molecular weight is 531 g/mol. The monoisotopic (exact) mass is 530 g/mol. The normalized spacial score (nSPS) is 13.1. The highest BCUT2D eigenvalue weighted by Crippen LogP contribution is 2.30. The fourth-order valence-electron chi connectivity index (χ4n) is 4.90. The lowest BCUT2D eigenvalue weighted by Crippen LogP contribution is -2.26. The van der Waals surface area contributed by atoms with Crippen molar-refractivity contribution in [2.24, 2.45) is 0 Å². The zero-order chi connectivity index (χ0) is 28.4. The zero-order valence-electron chi connectivity index (χ0n) is 26.3. The van der Waals surface area contributed by atoms with E-state index in [-0.39, 0.29) is 10.8 Å². The first-order chi connectivity index (χ1) is 17.9. The van der Waals surface area contributed by atoms with Crippen molar-refractivity contribution in [2.45, 2.75) is 175 Å². The van der Waals surface area contributed by atoms with Crippen molar-refractivity contribution in [3.8, 4) is 0 Å². The summed E-state index contributed by atoms with van der Waals surface area (Å²) in [5, 5.41) is 10.5. The number of esters is 1. The van der Waals surface area contributed by atoms with Gasteiger partial charge in [0.2, 0.25) is 0 Å². The quantitative estimate of drug-likeness (QED) is 0.135. The van der Waals surface area contributed by atoms with Crippen LogP contribution in [0.5, 0.6) is 0 Å². The van der Waals surface area contributed by atoms with Gasteiger partial charge >= 0.3 is 5.97 Å². The van der Waals surface area contributed by atoms with Gasteiger partial charge in [-0.25, -0.2) is 4.79 Å². The molecule has 0 aliphatic rings. The molecule has 3 nitrogen and oxygen atoms in total. The Morgan fingerprint density at radius 1 is 0.658 bits per heavy atom. The highest BCUT2D eigenvalue weighted by molar-refractivity contribution is 5.74. The Labute approximate surface area is 236 Å². The summed E-state index contributed by atoms with van der Waals surface area (Å²) in [7, 11) is 0. The van der Waals surface area contributed by atoms with Crippen LogP contribution in [-0.4, -0.2) is 23.8 Å². The Bertz CT molecular complexity index is 721. The predicted molar refractivity (Wildman–Crippen MR) is 164 cm³/mol. The SMILES string of the molecule is CCCCCCCCCCCCCCCCCCOC(=O)[C@H](O)Cc1cc(C(C)(C)C)cc(C(C)(C)C)c1. The number of rotatable bonds is 20. The minimum absolute atomic E-state index is 0.00864. The molecule has 0 bridgehead atoms. The first kappa shape index (κ1) is 34.7. The Morgan fingerprint density at radius 2 is 1.03 bits per heavy atom. The van der Waals surface area contributed by atoms with Crippen molar-refractivity contribution < 1.29 is 14.6 Å². The van der Waals surface area contributed by atoms with Crippen LogP contribution in [0.1, 0.15) is 168 Å². The molecule has 1 rings (SSSR count). The summed E-state index contributed by atoms with van der Waals surface area (Å²) < 4.78 is 5.40. The van der Waals surface area contributed by atoms with Crippen LogP contribution in [0.3, 0.4) is 0 Å². The molecule has 0 saturated carbocycles. The maximum atomic E-state index is 12.4. The number of carbonyl (C=O) groups is 1. The number of aliphatic hydroxyl groups excluding tert-OH is 1. The van der Waals surface area contributed by atoms with Crippen LogP contribution in [-0.2, 0) is 26.8 Å². The second kappa shape index (κ2) is 18.9. The lowest BCUT2D eigenvalue weighted by atomic mass is 9.79. The number of unbranched alkanes of at least 4 members (excludes halogenated alkanes) is 15. The molecule has 0 unspecified atom stereocenters. The molecule has 3 heteroatoms. The molecule has 0 saturated heterocycles. The van der Waals surface area contributed by atoms with E-state index in [4.69, 9.17) is 4.74 Å². The molecule has 0 fully saturated rings. The van der Waals surface area contributed by atoms with E-state index in [1.54, 1.807) is 0 Å². The minimum Gasteiger partial charge on any atom is -0.464 e. The Hall–Kier alpha value is -1.35. The Kier molecular flexibility index (Phi) is 17.2. The van der Waals surface area contributed by atoms with Crippen LogP contribution in [0, 0.1) is 0 Å². The number of benzene rings is 1. The van der Waals surface area contributed by atoms with Crippen LogP contribution in [0.2, 0.25) is 0 Å². The largest absolute Gasteiger partial charge is 0.464 e. The van der Waals surface area contributed by atoms with Gasteiger partial charge in [-0.05, 0) is 33.9 Å². The van der Waals surface area contributed by atoms with Gasteiger partial charge in [0.15, 0.2) is 6.10 Å². The van der Waals surface area contributed by atoms with E-state index in [2.05, 4.69) is 66.7 Å². The number of ether oxygens (including phenoxy) is 1. The van der Waals surface area contributed by atoms with Crippen molar-refractivity contribution >= 4 is 5.97 Å². The molecule has 0 amide bonds. The fourth-order valence-corrected chi connectivity index (χ4v) is 4.90. The molecular formula is C35H62O3. The molecule has 38 heavy (non-hydrogen) atoms. The van der Waals surface area contributed by atoms with E-state index in [0.29, 0.717) is 13.0 Å². The van der Waals surface area contributed by atoms with E-state index < -0.39 is 12.1 Å². The van der Waals surface area contributed by atoms with Crippen LogP contribution in [0.15, 0.2) is 18.2 Å². The van der Waals surface area contributed by atoms with E-state index in [0.717, 1.165) is 18.4 Å². The van der Waals surface area contributed by atoms with Gasteiger partial charge in [0.05, 0.1) is 6.61 Å². The van der Waals surface area contributed by atoms with E-state index in [1.165, 1.54) is 101 Å². The highest BCUT2D eigenvalue weighted by atomic mass is 16.5. The predicted octanol–water partition coefficient (Wildman–Crippen LogP) is 9.99. The van der Waals surface area contributed by atoms with Crippen molar-refractivity contribution in [3.63, 3.8) is 0 Å². The molecule has 1 aromatic rings. The third-order valence-electron chi connectivity index (χ3n) is 7.67. The number of carbonyl (C=O) groups excluding carboxylic acids is 1. The summed E-state index contributed by atoms with van der Waals surface area (Å²) in [5.74, 6) is -0.496. The third kappa shape index (κ3) is 15.9. The molecule has 1 aromatic carbocycles. The smallest absolute Gasteiger partial charge is 0.335 e. The van der Waals surface area contributed by atoms with Crippen LogP contribution in [0.25, 0.3) is 0 Å². The van der Waals surface area contributed by atoms with Gasteiger partial charge < -0.3 is 9.84 Å². The standard InChI is InChI=1S/C35H62O3/c1-8-9-10-11-12-13-14-15-16-17-18-19-20-21-22-23-24-38-33(37)32(36)27-29-25-30(34(2,3)4)28-31(26-29)35(5,6)7/h25-26,28,32,36H,8-24,27H2,1-7H3/t32-/m1/s1. The van der Waals surface area contributed by atoms with E-state index in [9.17, 15) is 9.90 Å². The first-order valence-corrected chi connectivity index (χ1v) is 15.9. The molecule has 0 spiro atoms.